The summed E-state index contributed by atoms with van der Waals surface area (Å²) in [6, 6.07) is 10.3. The molecule has 0 aliphatic carbocycles. The number of nitrogens with two attached hydrogens (primary N) is 1. The summed E-state index contributed by atoms with van der Waals surface area (Å²) in [5.41, 5.74) is 10.7. The van der Waals surface area contributed by atoms with Crippen LogP contribution in [0.5, 0.6) is 0 Å². The van der Waals surface area contributed by atoms with Gasteiger partial charge >= 0.3 is 0 Å². The highest BCUT2D eigenvalue weighted by Crippen LogP contribution is 2.26. The molecular formula is C16H20N2. The second-order valence-corrected chi connectivity index (χ2v) is 4.97. The lowest BCUT2D eigenvalue weighted by molar-refractivity contribution is 0.652. The van der Waals surface area contributed by atoms with Crippen LogP contribution in [0.2, 0.25) is 0 Å². The van der Waals surface area contributed by atoms with E-state index in [2.05, 4.69) is 23.7 Å². The summed E-state index contributed by atoms with van der Waals surface area (Å²) in [5.74, 6) is 0. The number of aromatic nitrogens is 1. The first-order chi connectivity index (χ1) is 8.58. The number of benzene rings is 1. The van der Waals surface area contributed by atoms with Crippen molar-refractivity contribution in [2.75, 3.05) is 0 Å². The van der Waals surface area contributed by atoms with Gasteiger partial charge in [0.25, 0.3) is 0 Å². The highest BCUT2D eigenvalue weighted by atomic mass is 14.7. The molecule has 0 saturated carbocycles. The van der Waals surface area contributed by atoms with Gasteiger partial charge in [-0.15, -0.1) is 6.58 Å². The molecule has 2 N–H and O–H groups in total. The van der Waals surface area contributed by atoms with Gasteiger partial charge in [0.1, 0.15) is 0 Å². The second kappa shape index (κ2) is 5.32. The Labute approximate surface area is 109 Å². The molecule has 94 valence electrons. The predicted molar refractivity (Wildman–Crippen MR) is 77.5 cm³/mol. The van der Waals surface area contributed by atoms with Gasteiger partial charge in [-0.05, 0) is 44.4 Å². The molecule has 2 rings (SSSR count). The van der Waals surface area contributed by atoms with Gasteiger partial charge in [-0.1, -0.05) is 23.8 Å². The van der Waals surface area contributed by atoms with E-state index >= 15 is 0 Å². The molecule has 1 aromatic heterocycles. The minimum Gasteiger partial charge on any atom is -0.324 e. The highest BCUT2D eigenvalue weighted by Gasteiger charge is 2.11. The van der Waals surface area contributed by atoms with E-state index in [1.165, 1.54) is 11.1 Å². The Balaban J connectivity index is 2.39. The van der Waals surface area contributed by atoms with Crippen molar-refractivity contribution in [1.29, 1.82) is 0 Å². The first-order valence-electron chi connectivity index (χ1n) is 6.34. The molecule has 0 spiro atoms. The molecule has 18 heavy (non-hydrogen) atoms. The topological polar surface area (TPSA) is 38.9 Å². The molecule has 0 saturated heterocycles. The number of aryl methyl sites for hydroxylation is 1. The average Bonchev–Trinajstić information content (AvgIpc) is 2.34. The maximum atomic E-state index is 6.31. The number of hydrogen-bond acceptors (Lipinski definition) is 2. The molecule has 2 heteroatoms. The van der Waals surface area contributed by atoms with Crippen molar-refractivity contribution < 1.29 is 0 Å². The second-order valence-electron chi connectivity index (χ2n) is 4.97. The van der Waals surface area contributed by atoms with Crippen LogP contribution < -0.4 is 5.73 Å². The largest absolute Gasteiger partial charge is 0.324 e. The van der Waals surface area contributed by atoms with Crippen molar-refractivity contribution in [2.24, 2.45) is 5.73 Å². The van der Waals surface area contributed by atoms with Crippen LogP contribution in [0.25, 0.3) is 10.9 Å². The van der Waals surface area contributed by atoms with Gasteiger partial charge in [-0.25, -0.2) is 0 Å². The minimum absolute atomic E-state index is 0.0494. The quantitative estimate of drug-likeness (QED) is 0.823. The van der Waals surface area contributed by atoms with Crippen LogP contribution in [0.1, 0.15) is 37.1 Å². The number of pyridine rings is 1. The Kier molecular flexibility index (Phi) is 3.78. The molecule has 1 heterocycles. The van der Waals surface area contributed by atoms with Crippen LogP contribution in [0.3, 0.4) is 0 Å². The van der Waals surface area contributed by atoms with Gasteiger partial charge in [0.2, 0.25) is 0 Å². The monoisotopic (exact) mass is 240 g/mol. The van der Waals surface area contributed by atoms with Gasteiger partial charge in [-0.2, -0.15) is 0 Å². The van der Waals surface area contributed by atoms with E-state index in [-0.39, 0.29) is 6.04 Å². The molecular weight excluding hydrogens is 220 g/mol. The van der Waals surface area contributed by atoms with Crippen molar-refractivity contribution in [2.45, 2.75) is 32.7 Å². The van der Waals surface area contributed by atoms with Crippen LogP contribution in [-0.4, -0.2) is 4.98 Å². The summed E-state index contributed by atoms with van der Waals surface area (Å²) >= 11 is 0. The molecule has 1 aromatic carbocycles. The smallest absolute Gasteiger partial charge is 0.0708 e. The summed E-state index contributed by atoms with van der Waals surface area (Å²) in [6.07, 6.45) is 1.90. The third kappa shape index (κ3) is 2.77. The maximum Gasteiger partial charge on any atom is 0.0708 e. The normalized spacial score (nSPS) is 12.6. The lowest BCUT2D eigenvalue weighted by Crippen LogP contribution is -2.11. The van der Waals surface area contributed by atoms with Crippen LogP contribution in [0.15, 0.2) is 42.5 Å². The molecule has 0 aliphatic rings. The molecule has 1 atom stereocenters. The van der Waals surface area contributed by atoms with E-state index in [1.807, 2.05) is 32.0 Å². The van der Waals surface area contributed by atoms with Gasteiger partial charge < -0.3 is 5.73 Å². The van der Waals surface area contributed by atoms with Gasteiger partial charge in [0, 0.05) is 17.1 Å². The molecule has 2 aromatic rings. The fourth-order valence-electron chi connectivity index (χ4n) is 2.20. The van der Waals surface area contributed by atoms with Crippen molar-refractivity contribution in [3.05, 3.63) is 53.7 Å². The summed E-state index contributed by atoms with van der Waals surface area (Å²) < 4.78 is 0. The summed E-state index contributed by atoms with van der Waals surface area (Å²) in [4.78, 5) is 4.54. The fraction of sp³-hybridized carbons (Fsp3) is 0.312. The number of para-hydroxylation sites is 1. The fourth-order valence-corrected chi connectivity index (χ4v) is 2.20. The number of hydrogen-bond donors (Lipinski definition) is 1. The van der Waals surface area contributed by atoms with E-state index in [1.54, 1.807) is 0 Å². The number of nitrogens with zero attached hydrogens (tertiary/aromatic N) is 1. The Morgan fingerprint density at radius 3 is 2.83 bits per heavy atom. The van der Waals surface area contributed by atoms with E-state index < -0.39 is 0 Å². The zero-order valence-corrected chi connectivity index (χ0v) is 11.1. The predicted octanol–water partition coefficient (Wildman–Crippen LogP) is 3.90. The van der Waals surface area contributed by atoms with Crippen molar-refractivity contribution in [1.82, 2.24) is 4.98 Å². The number of allylic oxidation sites excluding steroid dienone is 1. The molecule has 0 radical (unpaired) electrons. The zero-order valence-electron chi connectivity index (χ0n) is 11.1. The Bertz CT molecular complexity index is 572. The Morgan fingerprint density at radius 2 is 2.11 bits per heavy atom. The molecule has 2 nitrogen and oxygen atoms in total. The SMILES string of the molecule is C=C(C)CCC(N)c1cc(C)nc2ccccc12. The summed E-state index contributed by atoms with van der Waals surface area (Å²) in [7, 11) is 0. The zero-order chi connectivity index (χ0) is 13.1. The standard InChI is InChI=1S/C16H20N2/c1-11(2)8-9-15(17)14-10-12(3)18-16-7-5-4-6-13(14)16/h4-7,10,15H,1,8-9,17H2,2-3H3. The molecule has 0 aliphatic heterocycles. The lowest BCUT2D eigenvalue weighted by atomic mass is 9.97. The maximum absolute atomic E-state index is 6.31. The molecule has 1 unspecified atom stereocenters. The average molecular weight is 240 g/mol. The van der Waals surface area contributed by atoms with E-state index in [0.717, 1.165) is 29.4 Å². The molecule has 0 bridgehead atoms. The molecule has 0 fully saturated rings. The molecule has 0 amide bonds. The van der Waals surface area contributed by atoms with Gasteiger partial charge in [0.15, 0.2) is 0 Å². The third-order valence-corrected chi connectivity index (χ3v) is 3.16. The highest BCUT2D eigenvalue weighted by molar-refractivity contribution is 5.82. The summed E-state index contributed by atoms with van der Waals surface area (Å²) in [5, 5.41) is 1.16. The van der Waals surface area contributed by atoms with E-state index in [9.17, 15) is 0 Å². The van der Waals surface area contributed by atoms with Crippen molar-refractivity contribution >= 4 is 10.9 Å². The first kappa shape index (κ1) is 12.8. The van der Waals surface area contributed by atoms with E-state index in [0.29, 0.717) is 0 Å². The van der Waals surface area contributed by atoms with Crippen LogP contribution >= 0.6 is 0 Å². The third-order valence-electron chi connectivity index (χ3n) is 3.16. The van der Waals surface area contributed by atoms with Crippen LogP contribution in [0, 0.1) is 6.92 Å². The van der Waals surface area contributed by atoms with Crippen LogP contribution in [-0.2, 0) is 0 Å². The van der Waals surface area contributed by atoms with Crippen molar-refractivity contribution in [3.63, 3.8) is 0 Å². The summed E-state index contributed by atoms with van der Waals surface area (Å²) in [6.45, 7) is 7.99. The number of rotatable bonds is 4. The minimum atomic E-state index is 0.0494. The van der Waals surface area contributed by atoms with Crippen LogP contribution in [0.4, 0.5) is 0 Å². The van der Waals surface area contributed by atoms with Gasteiger partial charge in [-0.3, -0.25) is 4.98 Å². The number of fused-ring (bicyclic) bond motifs is 1. The van der Waals surface area contributed by atoms with Crippen molar-refractivity contribution in [3.8, 4) is 0 Å². The Hall–Kier alpha value is -1.67. The van der Waals surface area contributed by atoms with E-state index in [4.69, 9.17) is 5.73 Å². The van der Waals surface area contributed by atoms with Gasteiger partial charge in [0.05, 0.1) is 5.52 Å². The lowest BCUT2D eigenvalue weighted by Gasteiger charge is -2.15. The first-order valence-corrected chi connectivity index (χ1v) is 6.34. The Morgan fingerprint density at radius 1 is 1.39 bits per heavy atom.